The van der Waals surface area contributed by atoms with E-state index in [0.717, 1.165) is 44.9 Å². The zero-order chi connectivity index (χ0) is 14.0. The Morgan fingerprint density at radius 3 is 1.89 bits per heavy atom. The number of rotatable bonds is 11. The van der Waals surface area contributed by atoms with E-state index in [1.54, 1.807) is 0 Å². The van der Waals surface area contributed by atoms with Gasteiger partial charge in [-0.15, -0.1) is 0 Å². The first-order valence-corrected chi connectivity index (χ1v) is 6.89. The zero-order valence-corrected chi connectivity index (χ0v) is 11.6. The van der Waals surface area contributed by atoms with Gasteiger partial charge in [0.25, 0.3) is 0 Å². The molecule has 0 aliphatic rings. The number of hydrogen-bond donors (Lipinski definition) is 2. The third kappa shape index (κ3) is 7.30. The fraction of sp³-hybridized carbons (Fsp3) is 0.857. The second-order valence-corrected chi connectivity index (χ2v) is 5.09. The number of carboxylic acids is 2. The molecule has 106 valence electrons. The molecule has 0 saturated carbocycles. The molecule has 0 bridgehead atoms. The van der Waals surface area contributed by atoms with Crippen LogP contribution in [0.1, 0.15) is 71.6 Å². The van der Waals surface area contributed by atoms with Crippen LogP contribution in [0.3, 0.4) is 0 Å². The van der Waals surface area contributed by atoms with Crippen LogP contribution in [0.5, 0.6) is 0 Å². The number of aliphatic carboxylic acids is 2. The van der Waals surface area contributed by atoms with Crippen LogP contribution in [0.15, 0.2) is 0 Å². The number of carboxylic acid groups (broad SMARTS) is 2. The van der Waals surface area contributed by atoms with E-state index in [-0.39, 0.29) is 18.3 Å². The van der Waals surface area contributed by atoms with Gasteiger partial charge in [-0.25, -0.2) is 0 Å². The largest absolute Gasteiger partial charge is 0.481 e. The highest BCUT2D eigenvalue weighted by Crippen LogP contribution is 2.36. The molecule has 0 aromatic rings. The lowest BCUT2D eigenvalue weighted by atomic mass is 9.75. The second-order valence-electron chi connectivity index (χ2n) is 5.09. The first-order valence-electron chi connectivity index (χ1n) is 6.89. The Hall–Kier alpha value is -1.06. The van der Waals surface area contributed by atoms with E-state index in [1.165, 1.54) is 0 Å². The van der Waals surface area contributed by atoms with E-state index in [9.17, 15) is 9.59 Å². The highest BCUT2D eigenvalue weighted by molar-refractivity contribution is 5.67. The Bertz CT molecular complexity index is 257. The van der Waals surface area contributed by atoms with Gasteiger partial charge in [0.2, 0.25) is 0 Å². The quantitative estimate of drug-likeness (QED) is 0.554. The lowest BCUT2D eigenvalue weighted by Crippen LogP contribution is -2.23. The molecule has 0 amide bonds. The van der Waals surface area contributed by atoms with Gasteiger partial charge >= 0.3 is 11.9 Å². The fourth-order valence-corrected chi connectivity index (χ4v) is 2.39. The van der Waals surface area contributed by atoms with Crippen LogP contribution in [0.2, 0.25) is 0 Å². The van der Waals surface area contributed by atoms with Crippen LogP contribution in [-0.4, -0.2) is 22.2 Å². The average Bonchev–Trinajstić information content (AvgIpc) is 2.31. The summed E-state index contributed by atoms with van der Waals surface area (Å²) in [6, 6.07) is 0. The predicted molar refractivity (Wildman–Crippen MR) is 70.6 cm³/mol. The summed E-state index contributed by atoms with van der Waals surface area (Å²) in [6.07, 6.45) is 6.83. The standard InChI is InChI=1S/C14H26O4/c1-3-14(4-2,11-13(17)18)10-8-6-5-7-9-12(15)16/h3-11H2,1-2H3,(H,15,16)(H,17,18). The van der Waals surface area contributed by atoms with Crippen LogP contribution >= 0.6 is 0 Å². The van der Waals surface area contributed by atoms with Crippen molar-refractivity contribution >= 4 is 11.9 Å². The minimum atomic E-state index is -0.739. The highest BCUT2D eigenvalue weighted by Gasteiger charge is 2.28. The van der Waals surface area contributed by atoms with Crippen LogP contribution < -0.4 is 0 Å². The monoisotopic (exact) mass is 258 g/mol. The van der Waals surface area contributed by atoms with Gasteiger partial charge in [-0.05, 0) is 31.1 Å². The predicted octanol–water partition coefficient (Wildman–Crippen LogP) is 3.69. The molecule has 0 spiro atoms. The highest BCUT2D eigenvalue weighted by atomic mass is 16.4. The molecule has 0 rings (SSSR count). The summed E-state index contributed by atoms with van der Waals surface area (Å²) >= 11 is 0. The molecule has 18 heavy (non-hydrogen) atoms. The summed E-state index contributed by atoms with van der Waals surface area (Å²) in [7, 11) is 0. The molecule has 0 aliphatic carbocycles. The van der Waals surface area contributed by atoms with Gasteiger partial charge in [-0.1, -0.05) is 33.1 Å². The summed E-state index contributed by atoms with van der Waals surface area (Å²) in [5.41, 5.74) is -0.0708. The molecular formula is C14H26O4. The number of unbranched alkanes of at least 4 members (excludes halogenated alkanes) is 3. The molecule has 0 aromatic carbocycles. The van der Waals surface area contributed by atoms with Crippen molar-refractivity contribution in [2.75, 3.05) is 0 Å². The Kier molecular flexibility index (Phi) is 8.42. The first-order chi connectivity index (χ1) is 8.45. The molecule has 0 fully saturated rings. The van der Waals surface area contributed by atoms with Crippen molar-refractivity contribution in [1.29, 1.82) is 0 Å². The maximum atomic E-state index is 10.9. The van der Waals surface area contributed by atoms with E-state index in [4.69, 9.17) is 10.2 Å². The first kappa shape index (κ1) is 16.9. The van der Waals surface area contributed by atoms with Gasteiger partial charge < -0.3 is 10.2 Å². The molecule has 0 radical (unpaired) electrons. The van der Waals surface area contributed by atoms with Crippen molar-refractivity contribution < 1.29 is 19.8 Å². The minimum absolute atomic E-state index is 0.0708. The SMILES string of the molecule is CCC(CC)(CCCCCCC(=O)O)CC(=O)O. The Labute approximate surface area is 109 Å². The summed E-state index contributed by atoms with van der Waals surface area (Å²) in [5, 5.41) is 17.5. The molecule has 0 aromatic heterocycles. The van der Waals surface area contributed by atoms with Gasteiger partial charge in [0.1, 0.15) is 0 Å². The van der Waals surface area contributed by atoms with E-state index < -0.39 is 11.9 Å². The molecule has 0 aliphatic heterocycles. The van der Waals surface area contributed by atoms with Crippen molar-refractivity contribution in [3.63, 3.8) is 0 Å². The van der Waals surface area contributed by atoms with Crippen molar-refractivity contribution in [2.45, 2.75) is 71.6 Å². The lowest BCUT2D eigenvalue weighted by Gasteiger charge is -2.30. The summed E-state index contributed by atoms with van der Waals surface area (Å²) in [6.45, 7) is 4.10. The van der Waals surface area contributed by atoms with Crippen LogP contribution in [0.4, 0.5) is 0 Å². The third-order valence-electron chi connectivity index (χ3n) is 3.87. The molecule has 0 heterocycles. The van der Waals surface area contributed by atoms with E-state index in [0.29, 0.717) is 0 Å². The van der Waals surface area contributed by atoms with Crippen molar-refractivity contribution in [1.82, 2.24) is 0 Å². The van der Waals surface area contributed by atoms with Gasteiger partial charge in [-0.3, -0.25) is 9.59 Å². The topological polar surface area (TPSA) is 74.6 Å². The van der Waals surface area contributed by atoms with Gasteiger partial charge in [-0.2, -0.15) is 0 Å². The van der Waals surface area contributed by atoms with Crippen molar-refractivity contribution in [3.8, 4) is 0 Å². The molecule has 2 N–H and O–H groups in total. The minimum Gasteiger partial charge on any atom is -0.481 e. The van der Waals surface area contributed by atoms with Gasteiger partial charge in [0.15, 0.2) is 0 Å². The molecule has 4 heteroatoms. The summed E-state index contributed by atoms with van der Waals surface area (Å²) < 4.78 is 0. The molecular weight excluding hydrogens is 232 g/mol. The fourth-order valence-electron chi connectivity index (χ4n) is 2.39. The molecule has 0 atom stereocenters. The van der Waals surface area contributed by atoms with Crippen molar-refractivity contribution in [2.24, 2.45) is 5.41 Å². The van der Waals surface area contributed by atoms with Crippen LogP contribution in [0.25, 0.3) is 0 Å². The number of hydrogen-bond acceptors (Lipinski definition) is 2. The lowest BCUT2D eigenvalue weighted by molar-refractivity contribution is -0.140. The summed E-state index contributed by atoms with van der Waals surface area (Å²) in [4.78, 5) is 21.2. The average molecular weight is 258 g/mol. The summed E-state index contributed by atoms with van der Waals surface area (Å²) in [5.74, 6) is -1.46. The number of carbonyl (C=O) groups is 2. The van der Waals surface area contributed by atoms with E-state index >= 15 is 0 Å². The molecule has 4 nitrogen and oxygen atoms in total. The third-order valence-corrected chi connectivity index (χ3v) is 3.87. The van der Waals surface area contributed by atoms with Crippen molar-refractivity contribution in [3.05, 3.63) is 0 Å². The maximum Gasteiger partial charge on any atom is 0.303 e. The van der Waals surface area contributed by atoms with Gasteiger partial charge in [0.05, 0.1) is 6.42 Å². The van der Waals surface area contributed by atoms with Gasteiger partial charge in [0, 0.05) is 6.42 Å². The Balaban J connectivity index is 3.90. The molecule has 0 unspecified atom stereocenters. The second kappa shape index (κ2) is 8.95. The van der Waals surface area contributed by atoms with E-state index in [1.807, 2.05) is 0 Å². The molecule has 0 saturated heterocycles. The normalized spacial score (nSPS) is 11.4. The Morgan fingerprint density at radius 1 is 0.889 bits per heavy atom. The smallest absolute Gasteiger partial charge is 0.303 e. The van der Waals surface area contributed by atoms with E-state index in [2.05, 4.69) is 13.8 Å². The maximum absolute atomic E-state index is 10.9. The van der Waals surface area contributed by atoms with Crippen LogP contribution in [-0.2, 0) is 9.59 Å². The van der Waals surface area contributed by atoms with Crippen LogP contribution in [0, 0.1) is 5.41 Å². The Morgan fingerprint density at radius 2 is 1.44 bits per heavy atom. The zero-order valence-electron chi connectivity index (χ0n) is 11.6.